The molecule has 2 aromatic rings. The molecule has 0 aliphatic carbocycles. The highest BCUT2D eigenvalue weighted by atomic mass is 35.5. The second-order valence-electron chi connectivity index (χ2n) is 6.97. The molecule has 0 fully saturated rings. The molecule has 5 nitrogen and oxygen atoms in total. The zero-order valence-corrected chi connectivity index (χ0v) is 18.0. The molecular formula is C23H29ClN2O3. The molecule has 1 N–H and O–H groups in total. The third-order valence-electron chi connectivity index (χ3n) is 4.55. The number of hydrogen-bond donors (Lipinski definition) is 1. The number of carbonyl (C=O) groups is 2. The van der Waals surface area contributed by atoms with Crippen molar-refractivity contribution in [1.82, 2.24) is 10.2 Å². The normalized spacial score (nSPS) is 11.6. The van der Waals surface area contributed by atoms with E-state index < -0.39 is 6.04 Å². The largest absolute Gasteiger partial charge is 0.484 e. The van der Waals surface area contributed by atoms with Gasteiger partial charge in [-0.15, -0.1) is 0 Å². The van der Waals surface area contributed by atoms with Crippen LogP contribution in [0.5, 0.6) is 5.75 Å². The number of benzene rings is 2. The number of halogens is 1. The van der Waals surface area contributed by atoms with Crippen molar-refractivity contribution in [3.05, 3.63) is 64.7 Å². The van der Waals surface area contributed by atoms with E-state index in [1.807, 2.05) is 45.0 Å². The minimum atomic E-state index is -0.552. The summed E-state index contributed by atoms with van der Waals surface area (Å²) in [5.41, 5.74) is 2.09. The molecule has 0 aliphatic rings. The lowest BCUT2D eigenvalue weighted by Crippen LogP contribution is -2.50. The van der Waals surface area contributed by atoms with Gasteiger partial charge in [0.05, 0.1) is 0 Å². The number of nitrogens with one attached hydrogen (secondary N) is 1. The first-order valence-corrected chi connectivity index (χ1v) is 10.3. The molecule has 2 aromatic carbocycles. The second-order valence-corrected chi connectivity index (χ2v) is 7.40. The fraction of sp³-hybridized carbons (Fsp3) is 0.391. The van der Waals surface area contributed by atoms with E-state index in [0.717, 1.165) is 17.5 Å². The highest BCUT2D eigenvalue weighted by molar-refractivity contribution is 6.30. The topological polar surface area (TPSA) is 58.6 Å². The molecule has 2 amide bonds. The Morgan fingerprint density at radius 1 is 1.14 bits per heavy atom. The zero-order valence-electron chi connectivity index (χ0n) is 17.3. The molecule has 0 aliphatic heterocycles. The van der Waals surface area contributed by atoms with Gasteiger partial charge >= 0.3 is 0 Å². The van der Waals surface area contributed by atoms with Crippen molar-refractivity contribution in [3.63, 3.8) is 0 Å². The fourth-order valence-electron chi connectivity index (χ4n) is 3.05. The number of carbonyl (C=O) groups excluding carboxylic acids is 2. The highest BCUT2D eigenvalue weighted by Crippen LogP contribution is 2.17. The molecule has 0 heterocycles. The van der Waals surface area contributed by atoms with Crippen molar-refractivity contribution in [3.8, 4) is 5.75 Å². The predicted octanol–water partition coefficient (Wildman–Crippen LogP) is 4.36. The predicted molar refractivity (Wildman–Crippen MR) is 116 cm³/mol. The number of amides is 2. The molecule has 0 saturated carbocycles. The first kappa shape index (κ1) is 22.8. The van der Waals surface area contributed by atoms with Crippen molar-refractivity contribution in [2.45, 2.75) is 46.2 Å². The SMILES string of the molecule is CCCNC(=O)[C@@H](CC)N(Cc1cccc(C)c1)C(=O)COc1ccc(Cl)cc1. The third-order valence-corrected chi connectivity index (χ3v) is 4.80. The van der Waals surface area contributed by atoms with Crippen LogP contribution in [0.15, 0.2) is 48.5 Å². The zero-order chi connectivity index (χ0) is 21.2. The van der Waals surface area contributed by atoms with Gasteiger partial charge in [0.2, 0.25) is 5.91 Å². The lowest BCUT2D eigenvalue weighted by atomic mass is 10.1. The first-order valence-electron chi connectivity index (χ1n) is 9.95. The molecule has 1 atom stereocenters. The van der Waals surface area contributed by atoms with E-state index in [4.69, 9.17) is 16.3 Å². The maximum absolute atomic E-state index is 13.0. The Morgan fingerprint density at radius 3 is 2.48 bits per heavy atom. The summed E-state index contributed by atoms with van der Waals surface area (Å²) in [5, 5.41) is 3.51. The summed E-state index contributed by atoms with van der Waals surface area (Å²) in [7, 11) is 0. The van der Waals surface area contributed by atoms with Gasteiger partial charge in [-0.2, -0.15) is 0 Å². The van der Waals surface area contributed by atoms with Crippen molar-refractivity contribution >= 4 is 23.4 Å². The standard InChI is InChI=1S/C23H29ClN2O3/c1-4-13-25-23(28)21(5-2)26(15-18-8-6-7-17(3)14-18)22(27)16-29-20-11-9-19(24)10-12-20/h6-12,14,21H,4-5,13,15-16H2,1-3H3,(H,25,28)/t21-/m1/s1. The van der Waals surface area contributed by atoms with Crippen LogP contribution in [-0.2, 0) is 16.1 Å². The van der Waals surface area contributed by atoms with E-state index in [1.54, 1.807) is 29.2 Å². The summed E-state index contributed by atoms with van der Waals surface area (Å²) in [5.74, 6) is 0.184. The van der Waals surface area contributed by atoms with Gasteiger partial charge in [0.1, 0.15) is 11.8 Å². The van der Waals surface area contributed by atoms with Crippen LogP contribution in [0.25, 0.3) is 0 Å². The van der Waals surface area contributed by atoms with E-state index in [0.29, 0.717) is 30.3 Å². The van der Waals surface area contributed by atoms with E-state index in [9.17, 15) is 9.59 Å². The van der Waals surface area contributed by atoms with Gasteiger partial charge in [-0.05, 0) is 49.6 Å². The van der Waals surface area contributed by atoms with Gasteiger partial charge in [-0.25, -0.2) is 0 Å². The summed E-state index contributed by atoms with van der Waals surface area (Å²) < 4.78 is 5.64. The third kappa shape index (κ3) is 7.09. The Bertz CT molecular complexity index is 808. The minimum Gasteiger partial charge on any atom is -0.484 e. The van der Waals surface area contributed by atoms with Crippen molar-refractivity contribution in [2.75, 3.05) is 13.2 Å². The summed E-state index contributed by atoms with van der Waals surface area (Å²) in [6.07, 6.45) is 1.36. The lowest BCUT2D eigenvalue weighted by molar-refractivity contribution is -0.143. The van der Waals surface area contributed by atoms with Crippen LogP contribution in [0.3, 0.4) is 0 Å². The van der Waals surface area contributed by atoms with Crippen molar-refractivity contribution < 1.29 is 14.3 Å². The second kappa shape index (κ2) is 11.5. The average molecular weight is 417 g/mol. The molecule has 6 heteroatoms. The number of ether oxygens (including phenoxy) is 1. The Balaban J connectivity index is 2.17. The van der Waals surface area contributed by atoms with Crippen LogP contribution >= 0.6 is 11.6 Å². The number of nitrogens with zero attached hydrogens (tertiary/aromatic N) is 1. The Hall–Kier alpha value is -2.53. The van der Waals surface area contributed by atoms with Crippen molar-refractivity contribution in [2.24, 2.45) is 0 Å². The Labute approximate surface area is 178 Å². The molecule has 0 bridgehead atoms. The lowest BCUT2D eigenvalue weighted by Gasteiger charge is -2.30. The first-order chi connectivity index (χ1) is 13.9. The van der Waals surface area contributed by atoms with Crippen LogP contribution in [0.2, 0.25) is 5.02 Å². The van der Waals surface area contributed by atoms with Crippen LogP contribution in [0.1, 0.15) is 37.8 Å². The van der Waals surface area contributed by atoms with Crippen molar-refractivity contribution in [1.29, 1.82) is 0 Å². The minimum absolute atomic E-state index is 0.137. The molecule has 156 valence electrons. The summed E-state index contributed by atoms with van der Waals surface area (Å²) in [4.78, 5) is 27.3. The molecular weight excluding hydrogens is 388 g/mol. The molecule has 0 spiro atoms. The van der Waals surface area contributed by atoms with Crippen LogP contribution < -0.4 is 10.1 Å². The fourth-order valence-corrected chi connectivity index (χ4v) is 3.18. The molecule has 0 saturated heterocycles. The van der Waals surface area contributed by atoms with Crippen LogP contribution in [0.4, 0.5) is 0 Å². The van der Waals surface area contributed by atoms with Crippen LogP contribution in [-0.4, -0.2) is 35.9 Å². The monoisotopic (exact) mass is 416 g/mol. The number of hydrogen-bond acceptors (Lipinski definition) is 3. The maximum Gasteiger partial charge on any atom is 0.261 e. The van der Waals surface area contributed by atoms with E-state index >= 15 is 0 Å². The summed E-state index contributed by atoms with van der Waals surface area (Å²) >= 11 is 5.89. The smallest absolute Gasteiger partial charge is 0.261 e. The Morgan fingerprint density at radius 2 is 1.86 bits per heavy atom. The average Bonchev–Trinajstić information content (AvgIpc) is 2.71. The van der Waals surface area contributed by atoms with Gasteiger partial charge in [-0.3, -0.25) is 9.59 Å². The maximum atomic E-state index is 13.0. The van der Waals surface area contributed by atoms with E-state index in [-0.39, 0.29) is 18.4 Å². The van der Waals surface area contributed by atoms with Gasteiger partial charge in [0.25, 0.3) is 5.91 Å². The van der Waals surface area contributed by atoms with Gasteiger partial charge in [-0.1, -0.05) is 55.3 Å². The van der Waals surface area contributed by atoms with Gasteiger partial charge in [0.15, 0.2) is 6.61 Å². The van der Waals surface area contributed by atoms with Crippen LogP contribution in [0, 0.1) is 6.92 Å². The van der Waals surface area contributed by atoms with E-state index in [1.165, 1.54) is 0 Å². The summed E-state index contributed by atoms with van der Waals surface area (Å²) in [6.45, 7) is 6.70. The highest BCUT2D eigenvalue weighted by Gasteiger charge is 2.28. The van der Waals surface area contributed by atoms with E-state index in [2.05, 4.69) is 5.32 Å². The molecule has 0 radical (unpaired) electrons. The molecule has 0 unspecified atom stereocenters. The van der Waals surface area contributed by atoms with Gasteiger partial charge in [0, 0.05) is 18.1 Å². The molecule has 29 heavy (non-hydrogen) atoms. The van der Waals surface area contributed by atoms with Gasteiger partial charge < -0.3 is 15.0 Å². The quantitative estimate of drug-likeness (QED) is 0.626. The number of aryl methyl sites for hydroxylation is 1. The Kier molecular flexibility index (Phi) is 9.00. The summed E-state index contributed by atoms with van der Waals surface area (Å²) in [6, 6.07) is 14.2. The number of rotatable bonds is 10. The molecule has 0 aromatic heterocycles. The molecule has 2 rings (SSSR count).